The van der Waals surface area contributed by atoms with Crippen molar-refractivity contribution in [2.45, 2.75) is 108 Å². The fraction of sp³-hybridized carbons (Fsp3) is 0.523. The van der Waals surface area contributed by atoms with Crippen LogP contribution < -0.4 is 10.2 Å². The van der Waals surface area contributed by atoms with E-state index in [-0.39, 0.29) is 18.2 Å². The Bertz CT molecular complexity index is 2190. The van der Waals surface area contributed by atoms with Crippen molar-refractivity contribution in [1.29, 1.82) is 0 Å². The molecule has 1 aliphatic carbocycles. The van der Waals surface area contributed by atoms with E-state index in [2.05, 4.69) is 29.7 Å². The van der Waals surface area contributed by atoms with E-state index in [1.807, 2.05) is 35.2 Å². The molecule has 2 amide bonds. The number of rotatable bonds is 9. The zero-order valence-corrected chi connectivity index (χ0v) is 34.0. The number of piperazine rings is 1. The van der Waals surface area contributed by atoms with Crippen molar-refractivity contribution in [1.82, 2.24) is 34.1 Å². The van der Waals surface area contributed by atoms with Crippen LogP contribution in [-0.4, -0.2) is 102 Å². The van der Waals surface area contributed by atoms with Gasteiger partial charge in [-0.05, 0) is 73.9 Å². The number of thiazole rings is 1. The number of carbonyl (C=O) groups is 2. The van der Waals surface area contributed by atoms with E-state index in [0.717, 1.165) is 49.4 Å². The summed E-state index contributed by atoms with van der Waals surface area (Å²) >= 11 is 1.33. The van der Waals surface area contributed by atoms with Gasteiger partial charge in [0, 0.05) is 81.0 Å². The summed E-state index contributed by atoms with van der Waals surface area (Å²) in [5.74, 6) is -0.701. The number of imidazole rings is 1. The molecule has 1 unspecified atom stereocenters. The molecular formula is C44H54FN9O3S. The van der Waals surface area contributed by atoms with Gasteiger partial charge in [-0.3, -0.25) is 19.6 Å². The summed E-state index contributed by atoms with van der Waals surface area (Å²) in [4.78, 5) is 42.8. The van der Waals surface area contributed by atoms with E-state index in [9.17, 15) is 14.7 Å². The predicted octanol–water partition coefficient (Wildman–Crippen LogP) is 7.04. The Morgan fingerprint density at radius 3 is 2.36 bits per heavy atom. The van der Waals surface area contributed by atoms with E-state index < -0.39 is 17.5 Å². The lowest BCUT2D eigenvalue weighted by Crippen LogP contribution is -2.53. The molecule has 58 heavy (non-hydrogen) atoms. The van der Waals surface area contributed by atoms with E-state index in [1.54, 1.807) is 24.1 Å². The highest BCUT2D eigenvalue weighted by Crippen LogP contribution is 2.34. The minimum Gasteiger partial charge on any atom is -0.389 e. The molecule has 4 aliphatic rings. The number of halogens is 1. The Morgan fingerprint density at radius 1 is 0.897 bits per heavy atom. The van der Waals surface area contributed by atoms with E-state index >= 15 is 4.39 Å². The summed E-state index contributed by atoms with van der Waals surface area (Å²) in [5, 5.41) is 21.8. The van der Waals surface area contributed by atoms with Gasteiger partial charge in [0.1, 0.15) is 5.82 Å². The van der Waals surface area contributed by atoms with Crippen LogP contribution in [0.2, 0.25) is 0 Å². The molecule has 14 heteroatoms. The zero-order valence-electron chi connectivity index (χ0n) is 33.2. The minimum atomic E-state index is -0.919. The number of nitrogens with zero attached hydrogens (tertiary/aromatic N) is 8. The van der Waals surface area contributed by atoms with Gasteiger partial charge >= 0.3 is 0 Å². The molecule has 306 valence electrons. The topological polar surface area (TPSA) is 125 Å². The lowest BCUT2D eigenvalue weighted by atomic mass is 9.86. The molecule has 3 aliphatic heterocycles. The molecule has 3 fully saturated rings. The third kappa shape index (κ3) is 8.28. The summed E-state index contributed by atoms with van der Waals surface area (Å²) in [5.41, 5.74) is 3.72. The maximum Gasteiger partial charge on any atom is 0.257 e. The van der Waals surface area contributed by atoms with Gasteiger partial charge in [0.2, 0.25) is 5.91 Å². The van der Waals surface area contributed by atoms with Crippen LogP contribution in [0, 0.1) is 5.82 Å². The van der Waals surface area contributed by atoms with E-state index in [1.165, 1.54) is 73.5 Å². The normalized spacial score (nSPS) is 20.0. The second-order valence-corrected chi connectivity index (χ2v) is 17.7. The van der Waals surface area contributed by atoms with Crippen molar-refractivity contribution >= 4 is 44.9 Å². The summed E-state index contributed by atoms with van der Waals surface area (Å²) in [6.45, 7) is 5.23. The second kappa shape index (κ2) is 16.9. The summed E-state index contributed by atoms with van der Waals surface area (Å²) < 4.78 is 19.4. The van der Waals surface area contributed by atoms with Crippen LogP contribution in [0.15, 0.2) is 60.5 Å². The smallest absolute Gasteiger partial charge is 0.257 e. The van der Waals surface area contributed by atoms with E-state index in [4.69, 9.17) is 5.10 Å². The number of hydrogen-bond acceptors (Lipinski definition) is 9. The number of carbonyl (C=O) groups excluding carboxylic acids is 2. The first-order chi connectivity index (χ1) is 28.3. The number of anilines is 2. The molecule has 6 heterocycles. The summed E-state index contributed by atoms with van der Waals surface area (Å²) in [6.07, 6.45) is 18.8. The fourth-order valence-electron chi connectivity index (χ4n) is 9.69. The van der Waals surface area contributed by atoms with Gasteiger partial charge in [0.05, 0.1) is 34.9 Å². The first-order valence-corrected chi connectivity index (χ1v) is 22.2. The Labute approximate surface area is 343 Å². The molecule has 12 nitrogen and oxygen atoms in total. The number of fused-ring (bicyclic) bond motifs is 2. The fourth-order valence-corrected chi connectivity index (χ4v) is 10.2. The molecule has 1 saturated carbocycles. The van der Waals surface area contributed by atoms with Crippen molar-refractivity contribution in [2.24, 2.45) is 0 Å². The van der Waals surface area contributed by atoms with Crippen molar-refractivity contribution in [3.05, 3.63) is 77.7 Å². The first kappa shape index (κ1) is 38.8. The SMILES string of the molecule is O=C(Nc1nccs1)C(c1ncn2c1CCC2)n1cc2c(F)cc(-c3ccc(N4CCN(C(=O)CC5(O)CCN(C6CCCCCCCC6)CC5)CC4)cc3)cc2n1. The molecule has 0 spiro atoms. The number of hydrogen-bond donors (Lipinski definition) is 2. The van der Waals surface area contributed by atoms with Gasteiger partial charge in [0.25, 0.3) is 5.91 Å². The molecule has 9 rings (SSSR count). The van der Waals surface area contributed by atoms with Crippen LogP contribution in [-0.2, 0) is 22.6 Å². The average molecular weight is 808 g/mol. The standard InChI is InChI=1S/C44H54FN9O3S/c45-36-26-32(27-37-35(36)29-54(49-37)41(42(56)48-43-46-17-25-58-43)40-38-10-7-18-53(38)30-47-40)31-11-13-34(14-12-31)51-21-23-52(24-22-51)39(55)28-44(57)15-19-50(20-16-44)33-8-5-3-1-2-4-6-9-33/h11-14,17,25-27,29-30,33,41,57H,1-10,15-16,18-24,28H2,(H,46,48,56). The molecule has 0 radical (unpaired) electrons. The highest BCUT2D eigenvalue weighted by molar-refractivity contribution is 7.13. The predicted molar refractivity (Wildman–Crippen MR) is 224 cm³/mol. The highest BCUT2D eigenvalue weighted by atomic mass is 32.1. The number of amides is 2. The molecule has 3 aromatic heterocycles. The van der Waals surface area contributed by atoms with Gasteiger partial charge in [-0.25, -0.2) is 14.4 Å². The van der Waals surface area contributed by atoms with Gasteiger partial charge in [-0.2, -0.15) is 5.10 Å². The number of aromatic nitrogens is 5. The largest absolute Gasteiger partial charge is 0.389 e. The van der Waals surface area contributed by atoms with Crippen molar-refractivity contribution in [3.63, 3.8) is 0 Å². The third-order valence-electron chi connectivity index (χ3n) is 13.1. The molecule has 2 saturated heterocycles. The summed E-state index contributed by atoms with van der Waals surface area (Å²) in [7, 11) is 0. The maximum absolute atomic E-state index is 15.8. The molecule has 5 aromatic rings. The van der Waals surface area contributed by atoms with Gasteiger partial charge < -0.3 is 24.4 Å². The van der Waals surface area contributed by atoms with Crippen LogP contribution in [0.3, 0.4) is 0 Å². The van der Waals surface area contributed by atoms with Crippen molar-refractivity contribution in [3.8, 4) is 11.1 Å². The van der Waals surface area contributed by atoms with E-state index in [0.29, 0.717) is 72.4 Å². The number of nitrogens with one attached hydrogen (secondary N) is 1. The Hall–Kier alpha value is -4.66. The summed E-state index contributed by atoms with van der Waals surface area (Å²) in [6, 6.07) is 11.2. The highest BCUT2D eigenvalue weighted by Gasteiger charge is 2.38. The number of piperidine rings is 1. The van der Waals surface area contributed by atoms with Gasteiger partial charge in [-0.15, -0.1) is 11.3 Å². The van der Waals surface area contributed by atoms with Gasteiger partial charge in [0.15, 0.2) is 11.2 Å². The first-order valence-electron chi connectivity index (χ1n) is 21.3. The second-order valence-electron chi connectivity index (χ2n) is 16.8. The average Bonchev–Trinajstić information content (AvgIpc) is 4.06. The van der Waals surface area contributed by atoms with Crippen LogP contribution in [0.1, 0.15) is 94.5 Å². The Balaban J connectivity index is 0.826. The molecule has 2 aromatic carbocycles. The quantitative estimate of drug-likeness (QED) is 0.163. The van der Waals surface area contributed by atoms with Crippen LogP contribution in [0.5, 0.6) is 0 Å². The number of benzene rings is 2. The van der Waals surface area contributed by atoms with Crippen LogP contribution in [0.25, 0.3) is 22.0 Å². The van der Waals surface area contributed by atoms with Crippen molar-refractivity contribution in [2.75, 3.05) is 49.5 Å². The number of likely N-dealkylation sites (tertiary alicyclic amines) is 1. The Kier molecular flexibility index (Phi) is 11.3. The van der Waals surface area contributed by atoms with Gasteiger partial charge in [-0.1, -0.05) is 50.7 Å². The molecule has 0 bridgehead atoms. The lowest BCUT2D eigenvalue weighted by molar-refractivity contribution is -0.139. The zero-order chi connectivity index (χ0) is 39.6. The third-order valence-corrected chi connectivity index (χ3v) is 13.8. The maximum atomic E-state index is 15.8. The van der Waals surface area contributed by atoms with Crippen molar-refractivity contribution < 1.29 is 19.1 Å². The van der Waals surface area contributed by atoms with Crippen LogP contribution in [0.4, 0.5) is 15.2 Å². The number of aliphatic hydroxyl groups is 1. The molecular weight excluding hydrogens is 754 g/mol. The number of aryl methyl sites for hydroxylation is 1. The molecule has 1 atom stereocenters. The Morgan fingerprint density at radius 2 is 1.64 bits per heavy atom. The molecule has 2 N–H and O–H groups in total. The van der Waals surface area contributed by atoms with Crippen LogP contribution >= 0.6 is 11.3 Å². The lowest BCUT2D eigenvalue weighted by Gasteiger charge is -2.43. The monoisotopic (exact) mass is 807 g/mol. The minimum absolute atomic E-state index is 0.0496.